The second-order valence-corrected chi connectivity index (χ2v) is 8.73. The van der Waals surface area contributed by atoms with Gasteiger partial charge in [-0.1, -0.05) is 0 Å². The zero-order valence-electron chi connectivity index (χ0n) is 17.0. The Balaban J connectivity index is 6.87. The quantitative estimate of drug-likeness (QED) is 0.269. The fourth-order valence-electron chi connectivity index (χ4n) is 2.10. The zero-order valence-corrected chi connectivity index (χ0v) is 17.8. The number of hydrogen-bond acceptors (Lipinski definition) is 4. The van der Waals surface area contributed by atoms with Crippen LogP contribution in [0.2, 0.25) is 0 Å². The van der Waals surface area contributed by atoms with Crippen LogP contribution in [-0.4, -0.2) is 78.4 Å². The van der Waals surface area contributed by atoms with Gasteiger partial charge in [0.15, 0.2) is 0 Å². The molecule has 226 valence electrons. The first-order chi connectivity index (χ1) is 16.2. The van der Waals surface area contributed by atoms with Crippen LogP contribution in [0.4, 0.5) is 74.6 Å². The molecule has 38 heavy (non-hydrogen) atoms. The number of amides is 1. The van der Waals surface area contributed by atoms with E-state index in [0.29, 0.717) is 0 Å². The van der Waals surface area contributed by atoms with Gasteiger partial charge in [0, 0.05) is 6.42 Å². The third-order valence-corrected chi connectivity index (χ3v) is 5.83. The predicted octanol–water partition coefficient (Wildman–Crippen LogP) is 3.59. The van der Waals surface area contributed by atoms with E-state index in [2.05, 4.69) is 5.73 Å². The van der Waals surface area contributed by atoms with Crippen molar-refractivity contribution in [3.63, 3.8) is 0 Å². The maximum atomic E-state index is 13.9. The van der Waals surface area contributed by atoms with Crippen molar-refractivity contribution >= 4 is 21.9 Å². The standard InChI is InChI=1S/C13H9F17N2O5S/c14-6(15,8(18,19)10(22,23)12(26,27)28)7(16,17)9(20,21)11(24,25)13(29,30)38(36,37)32-3(5(34)35)1-2-4(31)33/h3,32H,1-2H2,(H2,31,33)(H,34,35)/t3-/m0/s1. The molecule has 0 aliphatic rings. The number of carboxylic acid groups (broad SMARTS) is 1. The van der Waals surface area contributed by atoms with E-state index in [4.69, 9.17) is 5.11 Å². The Morgan fingerprint density at radius 2 is 0.974 bits per heavy atom. The average molecular weight is 628 g/mol. The summed E-state index contributed by atoms with van der Waals surface area (Å²) in [5.74, 6) is -56.8. The van der Waals surface area contributed by atoms with Crippen molar-refractivity contribution in [3.05, 3.63) is 0 Å². The molecule has 0 heterocycles. The first-order valence-electron chi connectivity index (χ1n) is 8.46. The van der Waals surface area contributed by atoms with E-state index in [-0.39, 0.29) is 4.72 Å². The van der Waals surface area contributed by atoms with Gasteiger partial charge in [-0.2, -0.15) is 79.4 Å². The summed E-state index contributed by atoms with van der Waals surface area (Å²) >= 11 is 0. The van der Waals surface area contributed by atoms with Crippen molar-refractivity contribution in [2.45, 2.75) is 65.8 Å². The lowest BCUT2D eigenvalue weighted by atomic mass is 9.91. The first-order valence-corrected chi connectivity index (χ1v) is 9.95. The lowest BCUT2D eigenvalue weighted by Crippen LogP contribution is -2.75. The number of sulfonamides is 1. The fourth-order valence-corrected chi connectivity index (χ4v) is 3.31. The van der Waals surface area contributed by atoms with Crippen molar-refractivity contribution in [2.75, 3.05) is 0 Å². The highest BCUT2D eigenvalue weighted by molar-refractivity contribution is 7.90. The maximum absolute atomic E-state index is 13.9. The van der Waals surface area contributed by atoms with E-state index in [1.807, 2.05) is 0 Å². The molecule has 0 aromatic rings. The minimum Gasteiger partial charge on any atom is -0.480 e. The summed E-state index contributed by atoms with van der Waals surface area (Å²) in [6.07, 6.45) is -10.8. The molecule has 7 nitrogen and oxygen atoms in total. The SMILES string of the molecule is NC(=O)CC[C@H](NS(=O)(=O)C(F)(F)C(F)(F)C(F)(F)C(F)(F)C(F)(F)C(F)(F)C(F)(F)C(F)(F)F)C(=O)O. The second-order valence-electron chi connectivity index (χ2n) is 6.98. The molecule has 0 radical (unpaired) electrons. The molecule has 1 atom stereocenters. The molecule has 0 rings (SSSR count). The molecule has 0 spiro atoms. The zero-order chi connectivity index (χ0) is 31.4. The number of nitrogens with two attached hydrogens (primary N) is 1. The van der Waals surface area contributed by atoms with Gasteiger partial charge in [-0.3, -0.25) is 9.59 Å². The van der Waals surface area contributed by atoms with Gasteiger partial charge < -0.3 is 10.8 Å². The van der Waals surface area contributed by atoms with Gasteiger partial charge in [0.25, 0.3) is 10.0 Å². The lowest BCUT2D eigenvalue weighted by molar-refractivity contribution is -0.458. The molecule has 0 saturated carbocycles. The molecule has 4 N–H and O–H groups in total. The highest BCUT2D eigenvalue weighted by Crippen LogP contribution is 2.64. The lowest BCUT2D eigenvalue weighted by Gasteiger charge is -2.42. The molecular weight excluding hydrogens is 619 g/mol. The van der Waals surface area contributed by atoms with Crippen LogP contribution in [0.3, 0.4) is 0 Å². The van der Waals surface area contributed by atoms with E-state index in [9.17, 15) is 92.6 Å². The molecule has 0 saturated heterocycles. The summed E-state index contributed by atoms with van der Waals surface area (Å²) in [4.78, 5) is 21.4. The second kappa shape index (κ2) is 9.69. The number of aliphatic carboxylic acids is 1. The Labute approximate surface area is 197 Å². The minimum atomic E-state index is -9.02. The summed E-state index contributed by atoms with van der Waals surface area (Å²) in [5.41, 5.74) is 4.48. The normalized spacial score (nSPS) is 16.3. The Morgan fingerprint density at radius 3 is 1.26 bits per heavy atom. The van der Waals surface area contributed by atoms with Crippen LogP contribution in [0.25, 0.3) is 0 Å². The van der Waals surface area contributed by atoms with Crippen LogP contribution in [-0.2, 0) is 19.6 Å². The van der Waals surface area contributed by atoms with Gasteiger partial charge in [0.2, 0.25) is 5.91 Å². The van der Waals surface area contributed by atoms with E-state index in [1.54, 1.807) is 0 Å². The average Bonchev–Trinajstić information content (AvgIpc) is 2.68. The Kier molecular flexibility index (Phi) is 9.09. The van der Waals surface area contributed by atoms with Crippen LogP contribution in [0.5, 0.6) is 0 Å². The smallest absolute Gasteiger partial charge is 0.460 e. The third kappa shape index (κ3) is 5.13. The summed E-state index contributed by atoms with van der Waals surface area (Å²) in [7, 11) is -7.83. The predicted molar refractivity (Wildman–Crippen MR) is 82.6 cm³/mol. The van der Waals surface area contributed by atoms with E-state index < -0.39 is 87.7 Å². The monoisotopic (exact) mass is 628 g/mol. The number of alkyl halides is 17. The van der Waals surface area contributed by atoms with Crippen molar-refractivity contribution < 1.29 is 97.8 Å². The molecule has 0 aliphatic heterocycles. The molecule has 0 aromatic heterocycles. The van der Waals surface area contributed by atoms with E-state index >= 15 is 0 Å². The number of carbonyl (C=O) groups excluding carboxylic acids is 1. The van der Waals surface area contributed by atoms with Crippen molar-refractivity contribution in [3.8, 4) is 0 Å². The summed E-state index contributed by atoms with van der Waals surface area (Å²) in [6, 6.07) is -3.18. The molecular formula is C13H9F17N2O5S. The van der Waals surface area contributed by atoms with Crippen LogP contribution in [0, 0.1) is 0 Å². The van der Waals surface area contributed by atoms with E-state index in [0.717, 1.165) is 0 Å². The number of hydrogen-bond donors (Lipinski definition) is 3. The molecule has 0 aromatic carbocycles. The van der Waals surface area contributed by atoms with Gasteiger partial charge in [-0.25, -0.2) is 8.42 Å². The summed E-state index contributed by atoms with van der Waals surface area (Å²) in [6.45, 7) is 0. The third-order valence-electron chi connectivity index (χ3n) is 4.31. The van der Waals surface area contributed by atoms with Crippen LogP contribution >= 0.6 is 0 Å². The first kappa shape index (κ1) is 35.7. The Morgan fingerprint density at radius 1 is 0.658 bits per heavy atom. The minimum absolute atomic E-state index is 0.0165. The number of nitrogens with one attached hydrogen (secondary N) is 1. The van der Waals surface area contributed by atoms with Crippen LogP contribution < -0.4 is 10.5 Å². The summed E-state index contributed by atoms with van der Waals surface area (Å²) < 4.78 is 247. The van der Waals surface area contributed by atoms with Gasteiger partial charge in [0.05, 0.1) is 0 Å². The van der Waals surface area contributed by atoms with Gasteiger partial charge >= 0.3 is 52.9 Å². The molecule has 0 aliphatic carbocycles. The van der Waals surface area contributed by atoms with Crippen LogP contribution in [0.1, 0.15) is 12.8 Å². The van der Waals surface area contributed by atoms with Gasteiger partial charge in [0.1, 0.15) is 6.04 Å². The molecule has 1 amide bonds. The number of halogens is 17. The van der Waals surface area contributed by atoms with Gasteiger partial charge in [-0.05, 0) is 6.42 Å². The Hall–Kier alpha value is -2.34. The number of carboxylic acids is 1. The number of rotatable bonds is 13. The summed E-state index contributed by atoms with van der Waals surface area (Å²) in [5, 5.41) is 0.695. The topological polar surface area (TPSA) is 127 Å². The molecule has 25 heteroatoms. The van der Waals surface area contributed by atoms with Gasteiger partial charge in [-0.15, -0.1) is 0 Å². The van der Waals surface area contributed by atoms with Crippen molar-refractivity contribution in [2.24, 2.45) is 5.73 Å². The molecule has 0 unspecified atom stereocenters. The van der Waals surface area contributed by atoms with Crippen molar-refractivity contribution in [1.29, 1.82) is 0 Å². The molecule has 0 fully saturated rings. The fraction of sp³-hybridized carbons (Fsp3) is 0.846. The van der Waals surface area contributed by atoms with E-state index in [1.165, 1.54) is 0 Å². The number of primary amides is 1. The highest BCUT2D eigenvalue weighted by Gasteiger charge is 2.96. The molecule has 0 bridgehead atoms. The van der Waals surface area contributed by atoms with Crippen molar-refractivity contribution in [1.82, 2.24) is 4.72 Å². The van der Waals surface area contributed by atoms with Crippen LogP contribution in [0.15, 0.2) is 0 Å². The highest BCUT2D eigenvalue weighted by atomic mass is 32.2. The number of carbonyl (C=O) groups is 2. The Bertz CT molecular complexity index is 1020. The largest absolute Gasteiger partial charge is 0.480 e. The maximum Gasteiger partial charge on any atom is 0.460 e.